The molecular formula is C32H44N6O2. The molecule has 3 aliphatic carbocycles. The number of urea groups is 1. The van der Waals surface area contributed by atoms with Crippen LogP contribution in [0, 0.1) is 18.8 Å². The van der Waals surface area contributed by atoms with Gasteiger partial charge in [-0.3, -0.25) is 14.6 Å². The number of carbonyl (C=O) groups is 2. The van der Waals surface area contributed by atoms with Crippen molar-refractivity contribution in [2.24, 2.45) is 11.8 Å². The number of aromatic nitrogens is 2. The van der Waals surface area contributed by atoms with E-state index >= 15 is 0 Å². The highest BCUT2D eigenvalue weighted by atomic mass is 16.2. The lowest BCUT2D eigenvalue weighted by molar-refractivity contribution is 0.0172. The van der Waals surface area contributed by atoms with Gasteiger partial charge < -0.3 is 10.2 Å². The molecule has 1 spiro atoms. The van der Waals surface area contributed by atoms with E-state index in [0.29, 0.717) is 30.6 Å². The van der Waals surface area contributed by atoms with E-state index in [1.165, 1.54) is 49.7 Å². The Balaban J connectivity index is 1.21. The molecule has 0 radical (unpaired) electrons. The minimum Gasteiger partial charge on any atom is -0.349 e. The maximum Gasteiger partial charge on any atom is 0.325 e. The first-order valence-corrected chi connectivity index (χ1v) is 15.2. The first kappa shape index (κ1) is 27.2. The number of nitrogens with zero attached hydrogens (tertiary/aromatic N) is 5. The highest BCUT2D eigenvalue weighted by molar-refractivity contribution is 5.95. The standard InChI is InChI=1S/C32H44N6O2/c1-23-7-4-12-26(17-23)32(36(2)3)15-13-31(14-16-32)22-37(30(40)38(31)21-25-10-6-11-25)27-19-33-28(34-20-27)29(39)35-18-24-8-5-9-24/h4,7,12,17,19-20,24-25H,5-6,8-11,13-16,18,21-22H2,1-3H3,(H,35,39). The molecule has 4 aliphatic rings. The van der Waals surface area contributed by atoms with Gasteiger partial charge in [-0.25, -0.2) is 14.8 Å². The summed E-state index contributed by atoms with van der Waals surface area (Å²) in [6.45, 7) is 4.32. The molecule has 2 aromatic rings. The topological polar surface area (TPSA) is 81.7 Å². The minimum atomic E-state index is -0.238. The van der Waals surface area contributed by atoms with E-state index in [0.717, 1.165) is 32.2 Å². The van der Waals surface area contributed by atoms with Crippen LogP contribution in [0.5, 0.6) is 0 Å². The largest absolute Gasteiger partial charge is 0.349 e. The minimum absolute atomic E-state index is 0.0342. The predicted molar refractivity (Wildman–Crippen MR) is 156 cm³/mol. The van der Waals surface area contributed by atoms with Crippen LogP contribution in [-0.4, -0.2) is 71.0 Å². The maximum atomic E-state index is 14.0. The number of hydrogen-bond donors (Lipinski definition) is 1. The third-order valence-corrected chi connectivity index (χ3v) is 10.5. The molecule has 0 bridgehead atoms. The lowest BCUT2D eigenvalue weighted by Gasteiger charge is -2.51. The van der Waals surface area contributed by atoms with Gasteiger partial charge in [-0.1, -0.05) is 42.7 Å². The van der Waals surface area contributed by atoms with Crippen LogP contribution in [-0.2, 0) is 5.54 Å². The quantitative estimate of drug-likeness (QED) is 0.499. The zero-order valence-corrected chi connectivity index (χ0v) is 24.4. The number of anilines is 1. The molecule has 40 heavy (non-hydrogen) atoms. The average Bonchev–Trinajstić information content (AvgIpc) is 3.16. The lowest BCUT2D eigenvalue weighted by atomic mass is 9.68. The van der Waals surface area contributed by atoms with Gasteiger partial charge in [0.2, 0.25) is 5.82 Å². The van der Waals surface area contributed by atoms with Crippen molar-refractivity contribution in [2.45, 2.75) is 82.2 Å². The Morgan fingerprint density at radius 1 is 1.02 bits per heavy atom. The summed E-state index contributed by atoms with van der Waals surface area (Å²) in [4.78, 5) is 41.8. The predicted octanol–water partition coefficient (Wildman–Crippen LogP) is 5.13. The second-order valence-corrected chi connectivity index (χ2v) is 13.1. The van der Waals surface area contributed by atoms with Gasteiger partial charge >= 0.3 is 6.03 Å². The van der Waals surface area contributed by atoms with Gasteiger partial charge in [0.1, 0.15) is 0 Å². The molecule has 0 unspecified atom stereocenters. The smallest absolute Gasteiger partial charge is 0.325 e. The van der Waals surface area contributed by atoms with E-state index in [9.17, 15) is 9.59 Å². The van der Waals surface area contributed by atoms with Gasteiger partial charge in [-0.05, 0) is 89.8 Å². The maximum absolute atomic E-state index is 14.0. The molecule has 214 valence electrons. The number of aryl methyl sites for hydroxylation is 1. The molecule has 2 heterocycles. The molecule has 8 nitrogen and oxygen atoms in total. The Morgan fingerprint density at radius 2 is 1.70 bits per heavy atom. The van der Waals surface area contributed by atoms with Gasteiger partial charge in [-0.15, -0.1) is 0 Å². The van der Waals surface area contributed by atoms with Crippen LogP contribution in [0.2, 0.25) is 0 Å². The Kier molecular flexibility index (Phi) is 7.32. The molecule has 1 aliphatic heterocycles. The van der Waals surface area contributed by atoms with Gasteiger partial charge in [-0.2, -0.15) is 0 Å². The zero-order chi connectivity index (χ0) is 27.9. The van der Waals surface area contributed by atoms with Crippen LogP contribution in [0.25, 0.3) is 0 Å². The van der Waals surface area contributed by atoms with Gasteiger partial charge in [0.25, 0.3) is 5.91 Å². The molecule has 8 heteroatoms. The van der Waals surface area contributed by atoms with Gasteiger partial charge in [0.15, 0.2) is 0 Å². The summed E-state index contributed by atoms with van der Waals surface area (Å²) in [6.07, 6.45) is 14.5. The molecule has 1 aromatic carbocycles. The Labute approximate surface area is 238 Å². The normalized spacial score (nSPS) is 27.2. The van der Waals surface area contributed by atoms with Crippen LogP contribution >= 0.6 is 0 Å². The summed E-state index contributed by atoms with van der Waals surface area (Å²) in [7, 11) is 4.39. The second-order valence-electron chi connectivity index (χ2n) is 13.1. The summed E-state index contributed by atoms with van der Waals surface area (Å²) in [5.41, 5.74) is 3.10. The highest BCUT2D eigenvalue weighted by Gasteiger charge is 2.55. The van der Waals surface area contributed by atoms with Crippen molar-refractivity contribution < 1.29 is 9.59 Å². The number of hydrogen-bond acceptors (Lipinski definition) is 5. The number of benzene rings is 1. The van der Waals surface area contributed by atoms with Crippen molar-refractivity contribution in [3.05, 3.63) is 53.6 Å². The van der Waals surface area contributed by atoms with E-state index in [1.54, 1.807) is 12.4 Å². The van der Waals surface area contributed by atoms with Crippen LogP contribution in [0.1, 0.15) is 86.0 Å². The van der Waals surface area contributed by atoms with Crippen LogP contribution in [0.3, 0.4) is 0 Å². The fraction of sp³-hybridized carbons (Fsp3) is 0.625. The molecule has 3 saturated carbocycles. The SMILES string of the molecule is Cc1cccc(C2(N(C)C)CCC3(CC2)CN(c2cnc(C(=O)NCC4CCC4)nc2)C(=O)N3CC2CCC2)c1. The molecule has 6 rings (SSSR count). The molecule has 0 atom stereocenters. The number of nitrogens with one attached hydrogen (secondary N) is 1. The third-order valence-electron chi connectivity index (χ3n) is 10.5. The van der Waals surface area contributed by atoms with Crippen molar-refractivity contribution in [3.63, 3.8) is 0 Å². The molecule has 4 fully saturated rings. The third kappa shape index (κ3) is 4.89. The number of rotatable bonds is 8. The molecule has 1 N–H and O–H groups in total. The second kappa shape index (κ2) is 10.8. The van der Waals surface area contributed by atoms with Crippen LogP contribution in [0.15, 0.2) is 36.7 Å². The van der Waals surface area contributed by atoms with Crippen molar-refractivity contribution in [1.29, 1.82) is 0 Å². The molecule has 3 amide bonds. The van der Waals surface area contributed by atoms with E-state index < -0.39 is 0 Å². The first-order valence-electron chi connectivity index (χ1n) is 15.2. The average molecular weight is 545 g/mol. The van der Waals surface area contributed by atoms with E-state index in [-0.39, 0.29) is 28.8 Å². The summed E-state index contributed by atoms with van der Waals surface area (Å²) in [5, 5.41) is 2.96. The van der Waals surface area contributed by atoms with Crippen LogP contribution < -0.4 is 10.2 Å². The Bertz CT molecular complexity index is 1230. The number of carbonyl (C=O) groups excluding carboxylic acids is 2. The fourth-order valence-corrected chi connectivity index (χ4v) is 7.28. The monoisotopic (exact) mass is 544 g/mol. The molecule has 1 saturated heterocycles. The summed E-state index contributed by atoms with van der Waals surface area (Å²) >= 11 is 0. The molecular weight excluding hydrogens is 500 g/mol. The lowest BCUT2D eigenvalue weighted by Crippen LogP contribution is -2.56. The zero-order valence-electron chi connectivity index (χ0n) is 24.4. The highest BCUT2D eigenvalue weighted by Crippen LogP contribution is 2.50. The summed E-state index contributed by atoms with van der Waals surface area (Å²) in [5.74, 6) is 1.10. The summed E-state index contributed by atoms with van der Waals surface area (Å²) in [6, 6.07) is 8.99. The van der Waals surface area contributed by atoms with Crippen molar-refractivity contribution in [2.75, 3.05) is 38.6 Å². The fourth-order valence-electron chi connectivity index (χ4n) is 7.28. The van der Waals surface area contributed by atoms with Crippen molar-refractivity contribution in [1.82, 2.24) is 25.1 Å². The van der Waals surface area contributed by atoms with Crippen LogP contribution in [0.4, 0.5) is 10.5 Å². The molecule has 1 aromatic heterocycles. The van der Waals surface area contributed by atoms with Gasteiger partial charge in [0, 0.05) is 18.6 Å². The van der Waals surface area contributed by atoms with Crippen molar-refractivity contribution >= 4 is 17.6 Å². The van der Waals surface area contributed by atoms with E-state index in [2.05, 4.69) is 70.4 Å². The first-order chi connectivity index (χ1) is 19.3. The van der Waals surface area contributed by atoms with E-state index in [1.807, 2.05) is 4.90 Å². The van der Waals surface area contributed by atoms with E-state index in [4.69, 9.17) is 0 Å². The summed E-state index contributed by atoms with van der Waals surface area (Å²) < 4.78 is 0. The van der Waals surface area contributed by atoms with Crippen molar-refractivity contribution in [3.8, 4) is 0 Å². The number of amides is 3. The van der Waals surface area contributed by atoms with Gasteiger partial charge in [0.05, 0.1) is 30.2 Å². The Morgan fingerprint density at radius 3 is 2.27 bits per heavy atom. The Hall–Kier alpha value is -3.00.